The highest BCUT2D eigenvalue weighted by atomic mass is 33.1. The number of aliphatic carboxylic acids is 1. The molecule has 0 spiro atoms. The number of hydrogen-bond acceptors (Lipinski definition) is 14. The third kappa shape index (κ3) is 15.7. The maximum absolute atomic E-state index is 12.8. The van der Waals surface area contributed by atoms with Gasteiger partial charge in [0, 0.05) is 30.4 Å². The minimum atomic E-state index is -1.61. The fourth-order valence-corrected chi connectivity index (χ4v) is 7.88. The molecule has 1 aliphatic rings. The Hall–Kier alpha value is -3.59. The van der Waals surface area contributed by atoms with Gasteiger partial charge in [-0.25, -0.2) is 9.78 Å². The summed E-state index contributed by atoms with van der Waals surface area (Å²) in [4.78, 5) is 70.4. The van der Waals surface area contributed by atoms with Gasteiger partial charge in [-0.05, 0) is 43.5 Å². The normalized spacial score (nSPS) is 17.9. The summed E-state index contributed by atoms with van der Waals surface area (Å²) < 4.78 is 11.4. The van der Waals surface area contributed by atoms with Crippen molar-refractivity contribution in [2.45, 2.75) is 108 Å². The average molecular weight is 820 g/mol. The Morgan fingerprint density at radius 1 is 0.964 bits per heavy atom. The minimum Gasteiger partial charge on any atom is -0.480 e. The van der Waals surface area contributed by atoms with Crippen LogP contribution in [0.2, 0.25) is 5.82 Å². The van der Waals surface area contributed by atoms with Gasteiger partial charge >= 0.3 is 13.1 Å². The van der Waals surface area contributed by atoms with Gasteiger partial charge in [0.05, 0.1) is 42.9 Å². The molecule has 2 aromatic rings. The van der Waals surface area contributed by atoms with Crippen molar-refractivity contribution in [2.24, 2.45) is 11.8 Å². The second-order valence-electron chi connectivity index (χ2n) is 14.4. The quantitative estimate of drug-likeness (QED) is 0.0454. The van der Waals surface area contributed by atoms with E-state index in [4.69, 9.17) is 9.31 Å². The molecule has 1 unspecified atom stereocenters. The Morgan fingerprint density at radius 2 is 1.68 bits per heavy atom. The van der Waals surface area contributed by atoms with E-state index in [1.807, 2.05) is 37.3 Å². The van der Waals surface area contributed by atoms with Crippen LogP contribution in [-0.4, -0.2) is 122 Å². The number of amides is 3. The van der Waals surface area contributed by atoms with Crippen LogP contribution in [-0.2, 0) is 40.7 Å². The van der Waals surface area contributed by atoms with Crippen LogP contribution >= 0.6 is 21.6 Å². The molecular weight excluding hydrogens is 765 g/mol. The number of nitrogens with zero attached hydrogens (tertiary/aromatic N) is 2. The zero-order valence-electron chi connectivity index (χ0n) is 32.3. The molecule has 16 nitrogen and oxygen atoms in total. The van der Waals surface area contributed by atoms with E-state index in [0.717, 1.165) is 12.0 Å². The standard InChI is InChI=1S/C37H54BN5O11S2/c1-21(2)13-23(4)38-53-18-31(54-38)34(48)33(47)30(45)17-41-32(46)12-11-22(3)35(49)43-29(37(51)52)20-56-55-19-26-15-40-28(16-39-26)36(50)42-27(24(5)44)14-25-9-7-6-8-10-25/h6-10,15-16,21-23,27,29-31,33-34,45,47-48H,11-14,17-20H2,1-5H3,(H,41,46)(H,42,50)(H,43,49)(H,51,52)/t22-,23?,27-,29-,30-,31+,33+,34+/m0/s1. The summed E-state index contributed by atoms with van der Waals surface area (Å²) >= 11 is 0. The molecule has 1 aromatic heterocycles. The van der Waals surface area contributed by atoms with Gasteiger partial charge in [-0.2, -0.15) is 0 Å². The fraction of sp³-hybridized carbons (Fsp3) is 0.595. The first-order valence-electron chi connectivity index (χ1n) is 18.6. The molecule has 8 atom stereocenters. The zero-order chi connectivity index (χ0) is 41.4. The fourth-order valence-electron chi connectivity index (χ4n) is 5.76. The van der Waals surface area contributed by atoms with Crippen LogP contribution in [0.4, 0.5) is 0 Å². The number of nitrogens with one attached hydrogen (secondary N) is 3. The van der Waals surface area contributed by atoms with E-state index in [1.165, 1.54) is 40.9 Å². The van der Waals surface area contributed by atoms with Gasteiger partial charge in [0.1, 0.15) is 23.9 Å². The Labute approximate surface area is 335 Å². The van der Waals surface area contributed by atoms with E-state index in [2.05, 4.69) is 39.8 Å². The third-order valence-electron chi connectivity index (χ3n) is 9.08. The van der Waals surface area contributed by atoms with Crippen molar-refractivity contribution < 1.29 is 53.7 Å². The van der Waals surface area contributed by atoms with Crippen molar-refractivity contribution >= 4 is 58.2 Å². The Bertz CT molecular complexity index is 1580. The van der Waals surface area contributed by atoms with Gasteiger partial charge in [-0.3, -0.25) is 24.2 Å². The van der Waals surface area contributed by atoms with E-state index in [-0.39, 0.29) is 49.0 Å². The number of ketones is 1. The molecule has 308 valence electrons. The highest BCUT2D eigenvalue weighted by molar-refractivity contribution is 8.76. The summed E-state index contributed by atoms with van der Waals surface area (Å²) in [6, 6.07) is 7.39. The van der Waals surface area contributed by atoms with Crippen molar-refractivity contribution in [3.05, 3.63) is 59.7 Å². The van der Waals surface area contributed by atoms with Crippen LogP contribution < -0.4 is 16.0 Å². The summed E-state index contributed by atoms with van der Waals surface area (Å²) in [6.07, 6.45) is -1.48. The predicted octanol–water partition coefficient (Wildman–Crippen LogP) is 1.81. The number of aromatic nitrogens is 2. The van der Waals surface area contributed by atoms with Gasteiger partial charge in [-0.1, -0.05) is 79.6 Å². The average Bonchev–Trinajstić information content (AvgIpc) is 3.67. The van der Waals surface area contributed by atoms with Crippen molar-refractivity contribution in [3.8, 4) is 0 Å². The third-order valence-corrected chi connectivity index (χ3v) is 11.4. The molecule has 0 radical (unpaired) electrons. The monoisotopic (exact) mass is 819 g/mol. The van der Waals surface area contributed by atoms with E-state index >= 15 is 0 Å². The molecule has 7 N–H and O–H groups in total. The molecule has 56 heavy (non-hydrogen) atoms. The Balaban J connectivity index is 1.34. The number of rotatable bonds is 24. The van der Waals surface area contributed by atoms with E-state index in [9.17, 15) is 44.4 Å². The van der Waals surface area contributed by atoms with E-state index in [1.54, 1.807) is 6.92 Å². The second kappa shape index (κ2) is 23.6. The highest BCUT2D eigenvalue weighted by Crippen LogP contribution is 2.28. The number of carboxylic acids is 1. The number of aliphatic hydroxyl groups is 3. The maximum Gasteiger partial charge on any atom is 0.460 e. The lowest BCUT2D eigenvalue weighted by atomic mass is 9.69. The van der Waals surface area contributed by atoms with Crippen LogP contribution in [0, 0.1) is 11.8 Å². The molecule has 3 rings (SSSR count). The molecule has 0 saturated carbocycles. The second-order valence-corrected chi connectivity index (χ2v) is 16.9. The van der Waals surface area contributed by atoms with E-state index < -0.39 is 73.2 Å². The van der Waals surface area contributed by atoms with Gasteiger partial charge in [-0.15, -0.1) is 0 Å². The Morgan fingerprint density at radius 3 is 2.30 bits per heavy atom. The predicted molar refractivity (Wildman–Crippen MR) is 212 cm³/mol. The van der Waals surface area contributed by atoms with Crippen molar-refractivity contribution in [1.29, 1.82) is 0 Å². The highest BCUT2D eigenvalue weighted by Gasteiger charge is 2.42. The molecule has 2 heterocycles. The van der Waals surface area contributed by atoms with Crippen LogP contribution in [0.3, 0.4) is 0 Å². The van der Waals surface area contributed by atoms with Crippen LogP contribution in [0.1, 0.15) is 75.6 Å². The summed E-state index contributed by atoms with van der Waals surface area (Å²) in [5.41, 5.74) is 1.48. The minimum absolute atomic E-state index is 0.0302. The lowest BCUT2D eigenvalue weighted by Gasteiger charge is -2.27. The lowest BCUT2D eigenvalue weighted by molar-refractivity contribution is -0.141. The van der Waals surface area contributed by atoms with Gasteiger partial charge in [0.15, 0.2) is 5.78 Å². The van der Waals surface area contributed by atoms with Crippen LogP contribution in [0.5, 0.6) is 0 Å². The van der Waals surface area contributed by atoms with Crippen LogP contribution in [0.25, 0.3) is 0 Å². The topological polar surface area (TPSA) is 247 Å². The molecular formula is C37H54BN5O11S2. The van der Waals surface area contributed by atoms with Crippen molar-refractivity contribution in [3.63, 3.8) is 0 Å². The number of benzene rings is 1. The molecule has 3 amide bonds. The van der Waals surface area contributed by atoms with Gasteiger partial charge < -0.3 is 45.7 Å². The number of carboxylic acid groups (broad SMARTS) is 1. The van der Waals surface area contributed by atoms with Crippen molar-refractivity contribution in [2.75, 3.05) is 18.9 Å². The molecule has 1 saturated heterocycles. The van der Waals surface area contributed by atoms with E-state index in [0.29, 0.717) is 23.8 Å². The molecule has 1 fully saturated rings. The van der Waals surface area contributed by atoms with Gasteiger partial charge in [0.2, 0.25) is 11.8 Å². The summed E-state index contributed by atoms with van der Waals surface area (Å²) in [7, 11) is 1.96. The molecule has 0 aliphatic carbocycles. The number of Topliss-reactive ketones (excluding diaryl/α,β-unsaturated/α-hetero) is 1. The number of aliphatic hydroxyl groups excluding tert-OH is 3. The number of carbonyl (C=O) groups is 5. The van der Waals surface area contributed by atoms with Crippen LogP contribution in [0.15, 0.2) is 42.7 Å². The largest absolute Gasteiger partial charge is 0.480 e. The zero-order valence-corrected chi connectivity index (χ0v) is 34.0. The van der Waals surface area contributed by atoms with Gasteiger partial charge in [0.25, 0.3) is 5.91 Å². The lowest BCUT2D eigenvalue weighted by Crippen LogP contribution is -2.49. The summed E-state index contributed by atoms with van der Waals surface area (Å²) in [5.74, 6) is -2.85. The Kier molecular flexibility index (Phi) is 19.7. The maximum atomic E-state index is 12.8. The first-order valence-corrected chi connectivity index (χ1v) is 21.1. The first kappa shape index (κ1) is 46.8. The number of hydrogen-bond donors (Lipinski definition) is 7. The van der Waals surface area contributed by atoms with Crippen molar-refractivity contribution in [1.82, 2.24) is 25.9 Å². The molecule has 1 aromatic carbocycles. The number of carbonyl (C=O) groups excluding carboxylic acids is 4. The smallest absolute Gasteiger partial charge is 0.460 e. The molecule has 19 heteroatoms. The SMILES string of the molecule is CC(=O)[C@H](Cc1ccccc1)NC(=O)c1cnc(CSSC[C@H](NC(=O)[C@@H](C)CCC(=O)NC[C@H](O)[C@@H](O)[C@H](O)[C@H]2COB(C(C)CC(C)C)O2)C(=O)O)cn1. The molecule has 0 bridgehead atoms. The summed E-state index contributed by atoms with van der Waals surface area (Å²) in [6.45, 7) is 8.80. The summed E-state index contributed by atoms with van der Waals surface area (Å²) in [5, 5.41) is 48.8. The molecule has 1 aliphatic heterocycles. The first-order chi connectivity index (χ1) is 26.5.